The summed E-state index contributed by atoms with van der Waals surface area (Å²) in [4.78, 5) is 12.4. The SMILES string of the molecule is CCCCC(=O)Sc1ccc(Br)cc1. The normalized spacial score (nSPS) is 10.1. The molecular weight excluding hydrogens is 260 g/mol. The highest BCUT2D eigenvalue weighted by molar-refractivity contribution is 9.10. The maximum atomic E-state index is 11.4. The molecule has 0 aliphatic rings. The Morgan fingerprint density at radius 1 is 1.36 bits per heavy atom. The minimum absolute atomic E-state index is 0.258. The first-order valence-electron chi connectivity index (χ1n) is 4.68. The van der Waals surface area contributed by atoms with Crippen LogP contribution in [-0.4, -0.2) is 5.12 Å². The third-order valence-electron chi connectivity index (χ3n) is 1.78. The standard InChI is InChI=1S/C11H13BrOS/c1-2-3-4-11(13)14-10-7-5-9(12)6-8-10/h5-8H,2-4H2,1H3. The van der Waals surface area contributed by atoms with Crippen molar-refractivity contribution in [3.8, 4) is 0 Å². The van der Waals surface area contributed by atoms with Crippen LogP contribution < -0.4 is 0 Å². The summed E-state index contributed by atoms with van der Waals surface area (Å²) < 4.78 is 1.04. The van der Waals surface area contributed by atoms with Gasteiger partial charge < -0.3 is 0 Å². The van der Waals surface area contributed by atoms with E-state index in [0.29, 0.717) is 6.42 Å². The second-order valence-corrected chi connectivity index (χ2v) is 5.08. The molecule has 1 rings (SSSR count). The van der Waals surface area contributed by atoms with Crippen molar-refractivity contribution >= 4 is 32.8 Å². The Bertz CT molecular complexity index is 295. The number of hydrogen-bond acceptors (Lipinski definition) is 2. The summed E-state index contributed by atoms with van der Waals surface area (Å²) in [6, 6.07) is 7.82. The van der Waals surface area contributed by atoms with Gasteiger partial charge in [0, 0.05) is 15.8 Å². The monoisotopic (exact) mass is 272 g/mol. The Labute approximate surface area is 97.4 Å². The van der Waals surface area contributed by atoms with Gasteiger partial charge in [-0.05, 0) is 30.7 Å². The molecule has 1 aromatic carbocycles. The van der Waals surface area contributed by atoms with Crippen LogP contribution in [0.5, 0.6) is 0 Å². The second-order valence-electron chi connectivity index (χ2n) is 3.03. The summed E-state index contributed by atoms with van der Waals surface area (Å²) in [6.45, 7) is 2.09. The zero-order valence-electron chi connectivity index (χ0n) is 8.13. The molecule has 0 saturated carbocycles. The summed E-state index contributed by atoms with van der Waals surface area (Å²) in [5, 5.41) is 0.258. The van der Waals surface area contributed by atoms with E-state index in [0.717, 1.165) is 22.2 Å². The lowest BCUT2D eigenvalue weighted by Gasteiger charge is -1.99. The summed E-state index contributed by atoms with van der Waals surface area (Å²) >= 11 is 4.69. The van der Waals surface area contributed by atoms with Crippen molar-refractivity contribution in [1.82, 2.24) is 0 Å². The molecular formula is C11H13BrOS. The van der Waals surface area contributed by atoms with Gasteiger partial charge in [0.05, 0.1) is 0 Å². The van der Waals surface area contributed by atoms with Crippen LogP contribution in [0, 0.1) is 0 Å². The van der Waals surface area contributed by atoms with E-state index in [-0.39, 0.29) is 5.12 Å². The second kappa shape index (κ2) is 6.25. The highest BCUT2D eigenvalue weighted by Crippen LogP contribution is 2.22. The topological polar surface area (TPSA) is 17.1 Å². The van der Waals surface area contributed by atoms with Crippen molar-refractivity contribution in [3.63, 3.8) is 0 Å². The van der Waals surface area contributed by atoms with Crippen molar-refractivity contribution in [2.75, 3.05) is 0 Å². The fourth-order valence-electron chi connectivity index (χ4n) is 1.01. The van der Waals surface area contributed by atoms with Crippen LogP contribution in [0.2, 0.25) is 0 Å². The molecule has 0 spiro atoms. The van der Waals surface area contributed by atoms with Crippen LogP contribution >= 0.6 is 27.7 Å². The molecule has 1 aromatic rings. The molecule has 0 fully saturated rings. The van der Waals surface area contributed by atoms with Gasteiger partial charge in [-0.25, -0.2) is 0 Å². The average molecular weight is 273 g/mol. The van der Waals surface area contributed by atoms with Crippen LogP contribution in [0.1, 0.15) is 26.2 Å². The highest BCUT2D eigenvalue weighted by atomic mass is 79.9. The molecule has 0 heterocycles. The Morgan fingerprint density at radius 2 is 2.00 bits per heavy atom. The van der Waals surface area contributed by atoms with Crippen molar-refractivity contribution in [1.29, 1.82) is 0 Å². The minimum atomic E-state index is 0.258. The fourth-order valence-corrected chi connectivity index (χ4v) is 2.05. The molecule has 76 valence electrons. The zero-order valence-corrected chi connectivity index (χ0v) is 10.5. The first-order valence-corrected chi connectivity index (χ1v) is 6.29. The van der Waals surface area contributed by atoms with Crippen LogP contribution in [0.3, 0.4) is 0 Å². The molecule has 0 bridgehead atoms. The van der Waals surface area contributed by atoms with E-state index in [9.17, 15) is 4.79 Å². The van der Waals surface area contributed by atoms with E-state index in [1.807, 2.05) is 24.3 Å². The molecule has 0 radical (unpaired) electrons. The number of hydrogen-bond donors (Lipinski definition) is 0. The molecule has 1 nitrogen and oxygen atoms in total. The van der Waals surface area contributed by atoms with Gasteiger partial charge in [-0.15, -0.1) is 0 Å². The molecule has 0 aliphatic carbocycles. The van der Waals surface area contributed by atoms with Gasteiger partial charge in [0.15, 0.2) is 5.12 Å². The summed E-state index contributed by atoms with van der Waals surface area (Å²) in [6.07, 6.45) is 2.74. The third kappa shape index (κ3) is 4.29. The van der Waals surface area contributed by atoms with E-state index in [1.54, 1.807) is 0 Å². The van der Waals surface area contributed by atoms with E-state index in [4.69, 9.17) is 0 Å². The number of unbranched alkanes of at least 4 members (excludes halogenated alkanes) is 1. The fraction of sp³-hybridized carbons (Fsp3) is 0.364. The Balaban J connectivity index is 2.44. The van der Waals surface area contributed by atoms with Gasteiger partial charge in [0.25, 0.3) is 0 Å². The van der Waals surface area contributed by atoms with Crippen LogP contribution in [-0.2, 0) is 4.79 Å². The molecule has 3 heteroatoms. The Morgan fingerprint density at radius 3 is 2.57 bits per heavy atom. The summed E-state index contributed by atoms with van der Waals surface area (Å²) in [5.74, 6) is 0. The molecule has 0 amide bonds. The Hall–Kier alpha value is -0.280. The van der Waals surface area contributed by atoms with Gasteiger partial charge in [0.1, 0.15) is 0 Å². The average Bonchev–Trinajstić information content (AvgIpc) is 2.18. The summed E-state index contributed by atoms with van der Waals surface area (Å²) in [5.41, 5.74) is 0. The molecule has 0 atom stereocenters. The predicted octanol–water partition coefficient (Wildman–Crippen LogP) is 4.26. The maximum absolute atomic E-state index is 11.4. The lowest BCUT2D eigenvalue weighted by Crippen LogP contribution is -1.90. The number of carbonyl (C=O) groups excluding carboxylic acids is 1. The van der Waals surface area contributed by atoms with Gasteiger partial charge in [-0.1, -0.05) is 41.0 Å². The first kappa shape index (κ1) is 11.8. The lowest BCUT2D eigenvalue weighted by molar-refractivity contribution is -0.111. The van der Waals surface area contributed by atoms with Gasteiger partial charge in [0.2, 0.25) is 0 Å². The molecule has 0 aromatic heterocycles. The zero-order chi connectivity index (χ0) is 10.4. The predicted molar refractivity (Wildman–Crippen MR) is 64.5 cm³/mol. The van der Waals surface area contributed by atoms with Crippen molar-refractivity contribution in [2.24, 2.45) is 0 Å². The van der Waals surface area contributed by atoms with Gasteiger partial charge in [-0.2, -0.15) is 0 Å². The number of carbonyl (C=O) groups is 1. The van der Waals surface area contributed by atoms with E-state index < -0.39 is 0 Å². The molecule has 0 aliphatic heterocycles. The molecule has 14 heavy (non-hydrogen) atoms. The number of thioether (sulfide) groups is 1. The highest BCUT2D eigenvalue weighted by Gasteiger charge is 2.03. The number of halogens is 1. The van der Waals surface area contributed by atoms with Crippen molar-refractivity contribution in [2.45, 2.75) is 31.1 Å². The largest absolute Gasteiger partial charge is 0.287 e. The van der Waals surface area contributed by atoms with Crippen molar-refractivity contribution in [3.05, 3.63) is 28.7 Å². The number of benzene rings is 1. The molecule has 0 N–H and O–H groups in total. The smallest absolute Gasteiger partial charge is 0.193 e. The van der Waals surface area contributed by atoms with Crippen LogP contribution in [0.4, 0.5) is 0 Å². The third-order valence-corrected chi connectivity index (χ3v) is 3.25. The first-order chi connectivity index (χ1) is 6.72. The van der Waals surface area contributed by atoms with Gasteiger partial charge >= 0.3 is 0 Å². The Kier molecular flexibility index (Phi) is 5.26. The van der Waals surface area contributed by atoms with Crippen LogP contribution in [0.15, 0.2) is 33.6 Å². The quantitative estimate of drug-likeness (QED) is 0.762. The molecule has 0 saturated heterocycles. The van der Waals surface area contributed by atoms with Crippen LogP contribution in [0.25, 0.3) is 0 Å². The lowest BCUT2D eigenvalue weighted by atomic mass is 10.3. The van der Waals surface area contributed by atoms with E-state index in [1.165, 1.54) is 11.8 Å². The number of rotatable bonds is 4. The minimum Gasteiger partial charge on any atom is -0.287 e. The van der Waals surface area contributed by atoms with E-state index in [2.05, 4.69) is 22.9 Å². The van der Waals surface area contributed by atoms with E-state index >= 15 is 0 Å². The maximum Gasteiger partial charge on any atom is 0.193 e. The molecule has 0 unspecified atom stereocenters. The summed E-state index contributed by atoms with van der Waals surface area (Å²) in [7, 11) is 0. The van der Waals surface area contributed by atoms with Gasteiger partial charge in [-0.3, -0.25) is 4.79 Å². The van der Waals surface area contributed by atoms with Crippen molar-refractivity contribution < 1.29 is 4.79 Å².